The highest BCUT2D eigenvalue weighted by Crippen LogP contribution is 2.19. The monoisotopic (exact) mass is 319 g/mol. The van der Waals surface area contributed by atoms with Crippen molar-refractivity contribution in [2.75, 3.05) is 26.3 Å². The highest BCUT2D eigenvalue weighted by Gasteiger charge is 2.31. The molecule has 0 amide bonds. The predicted octanol–water partition coefficient (Wildman–Crippen LogP) is 0.369. The maximum absolute atomic E-state index is 12.6. The number of rotatable bonds is 9. The first-order chi connectivity index (χ1) is 9.98. The van der Waals surface area contributed by atoms with Crippen molar-refractivity contribution in [1.29, 1.82) is 0 Å². The number of nitrogens with one attached hydrogen (secondary N) is 1. The Morgan fingerprint density at radius 1 is 1.43 bits per heavy atom. The Hall–Kier alpha value is -1.45. The minimum absolute atomic E-state index is 0.0381. The number of hydrogen-bond donors (Lipinski definition) is 2. The van der Waals surface area contributed by atoms with Crippen LogP contribution in [0.4, 0.5) is 0 Å². The molecule has 1 aromatic heterocycles. The zero-order valence-corrected chi connectivity index (χ0v) is 13.0. The third-order valence-electron chi connectivity index (χ3n) is 2.81. The number of carbonyl (C=O) groups excluding carboxylic acids is 1. The molecule has 0 aromatic carbocycles. The van der Waals surface area contributed by atoms with E-state index in [2.05, 4.69) is 10.2 Å². The Morgan fingerprint density at radius 3 is 2.71 bits per heavy atom. The van der Waals surface area contributed by atoms with Gasteiger partial charge in [-0.2, -0.15) is 9.40 Å². The summed E-state index contributed by atoms with van der Waals surface area (Å²) in [6, 6.07) is 0. The fourth-order valence-corrected chi connectivity index (χ4v) is 3.28. The Bertz CT molecular complexity index is 555. The number of aromatic amines is 1. The number of carbonyl (C=O) groups is 1. The molecule has 2 N–H and O–H groups in total. The summed E-state index contributed by atoms with van der Waals surface area (Å²) in [4.78, 5) is 11.8. The van der Waals surface area contributed by atoms with Gasteiger partial charge < -0.3 is 9.84 Å². The second-order valence-electron chi connectivity index (χ2n) is 4.31. The van der Waals surface area contributed by atoms with Gasteiger partial charge in [0.2, 0.25) is 0 Å². The van der Waals surface area contributed by atoms with Gasteiger partial charge in [0, 0.05) is 13.1 Å². The molecule has 0 spiro atoms. The summed E-state index contributed by atoms with van der Waals surface area (Å²) in [5.41, 5.74) is -0.128. The second-order valence-corrected chi connectivity index (χ2v) is 6.19. The summed E-state index contributed by atoms with van der Waals surface area (Å²) in [6.07, 6.45) is 2.59. The summed E-state index contributed by atoms with van der Waals surface area (Å²) in [6.45, 7) is 3.63. The first-order valence-corrected chi connectivity index (χ1v) is 8.24. The van der Waals surface area contributed by atoms with Gasteiger partial charge in [0.1, 0.15) is 5.56 Å². The van der Waals surface area contributed by atoms with Crippen molar-refractivity contribution in [3.8, 4) is 0 Å². The van der Waals surface area contributed by atoms with E-state index in [1.807, 2.05) is 6.92 Å². The molecule has 0 aliphatic rings. The average molecular weight is 319 g/mol. The number of unbranched alkanes of at least 4 members (excludes halogenated alkanes) is 1. The fraction of sp³-hybridized carbons (Fsp3) is 0.667. The van der Waals surface area contributed by atoms with Gasteiger partial charge >= 0.3 is 5.97 Å². The maximum Gasteiger partial charge on any atom is 0.342 e. The zero-order chi connectivity index (χ0) is 15.9. The van der Waals surface area contributed by atoms with Gasteiger partial charge in [-0.15, -0.1) is 0 Å². The molecule has 0 saturated carbocycles. The van der Waals surface area contributed by atoms with Crippen LogP contribution in [-0.4, -0.2) is 60.3 Å². The van der Waals surface area contributed by atoms with Crippen molar-refractivity contribution in [2.45, 2.75) is 31.7 Å². The van der Waals surface area contributed by atoms with Crippen molar-refractivity contribution in [3.05, 3.63) is 11.8 Å². The average Bonchev–Trinajstić information content (AvgIpc) is 2.93. The van der Waals surface area contributed by atoms with Gasteiger partial charge in [0.05, 0.1) is 19.4 Å². The van der Waals surface area contributed by atoms with E-state index in [0.29, 0.717) is 6.42 Å². The molecule has 0 saturated heterocycles. The topological polar surface area (TPSA) is 113 Å². The molecule has 0 aliphatic carbocycles. The number of aromatic nitrogens is 2. The molecular formula is C12H21N3O5S. The van der Waals surface area contributed by atoms with Crippen molar-refractivity contribution >= 4 is 16.0 Å². The number of H-pyrrole nitrogens is 1. The lowest BCUT2D eigenvalue weighted by molar-refractivity contribution is 0.0521. The molecule has 9 heteroatoms. The van der Waals surface area contributed by atoms with E-state index in [0.717, 1.165) is 16.9 Å². The van der Waals surface area contributed by atoms with Crippen LogP contribution >= 0.6 is 0 Å². The van der Waals surface area contributed by atoms with Crippen molar-refractivity contribution in [3.63, 3.8) is 0 Å². The van der Waals surface area contributed by atoms with Gasteiger partial charge in [0.25, 0.3) is 10.0 Å². The molecule has 1 rings (SSSR count). The fourth-order valence-electron chi connectivity index (χ4n) is 1.75. The lowest BCUT2D eigenvalue weighted by atomic mass is 10.3. The highest BCUT2D eigenvalue weighted by molar-refractivity contribution is 7.89. The number of nitrogens with zero attached hydrogens (tertiary/aromatic N) is 2. The lowest BCUT2D eigenvalue weighted by Crippen LogP contribution is -2.35. The van der Waals surface area contributed by atoms with Crippen LogP contribution in [0.25, 0.3) is 0 Å². The van der Waals surface area contributed by atoms with Crippen LogP contribution in [0.3, 0.4) is 0 Å². The smallest absolute Gasteiger partial charge is 0.342 e. The summed E-state index contributed by atoms with van der Waals surface area (Å²) in [7, 11) is -3.93. The largest absolute Gasteiger partial charge is 0.462 e. The molecule has 0 radical (unpaired) electrons. The first kappa shape index (κ1) is 17.6. The summed E-state index contributed by atoms with van der Waals surface area (Å²) in [5, 5.41) is 14.7. The maximum atomic E-state index is 12.6. The summed E-state index contributed by atoms with van der Waals surface area (Å²) < 4.78 is 31.1. The predicted molar refractivity (Wildman–Crippen MR) is 75.3 cm³/mol. The molecule has 0 aliphatic heterocycles. The SMILES string of the molecule is CCCCN(CCO)S(=O)(=O)c1[nH]ncc1C(=O)OCC. The number of sulfonamides is 1. The van der Waals surface area contributed by atoms with Crippen LogP contribution in [0.5, 0.6) is 0 Å². The minimum Gasteiger partial charge on any atom is -0.462 e. The van der Waals surface area contributed by atoms with E-state index in [-0.39, 0.29) is 36.9 Å². The second kappa shape index (κ2) is 8.11. The molecule has 0 atom stereocenters. The highest BCUT2D eigenvalue weighted by atomic mass is 32.2. The van der Waals surface area contributed by atoms with Crippen molar-refractivity contribution in [2.24, 2.45) is 0 Å². The van der Waals surface area contributed by atoms with Crippen LogP contribution in [0.15, 0.2) is 11.2 Å². The molecule has 1 aromatic rings. The molecule has 21 heavy (non-hydrogen) atoms. The van der Waals surface area contributed by atoms with Crippen molar-refractivity contribution < 1.29 is 23.1 Å². The van der Waals surface area contributed by atoms with E-state index >= 15 is 0 Å². The van der Waals surface area contributed by atoms with Crippen LogP contribution in [0, 0.1) is 0 Å². The van der Waals surface area contributed by atoms with E-state index in [1.165, 1.54) is 0 Å². The molecular weight excluding hydrogens is 298 g/mol. The van der Waals surface area contributed by atoms with Gasteiger partial charge in [0.15, 0.2) is 5.03 Å². The molecule has 0 bridgehead atoms. The van der Waals surface area contributed by atoms with E-state index in [1.54, 1.807) is 6.92 Å². The third-order valence-corrected chi connectivity index (χ3v) is 4.68. The standard InChI is InChI=1S/C12H21N3O5S/c1-3-5-6-15(7-8-16)21(18,19)11-10(9-13-14-11)12(17)20-4-2/h9,16H,3-8H2,1-2H3,(H,13,14). The van der Waals surface area contributed by atoms with E-state index in [9.17, 15) is 13.2 Å². The Morgan fingerprint density at radius 2 is 2.14 bits per heavy atom. The molecule has 8 nitrogen and oxygen atoms in total. The Labute approximate surface area is 124 Å². The van der Waals surface area contributed by atoms with Crippen LogP contribution in [0.1, 0.15) is 37.0 Å². The number of ether oxygens (including phenoxy) is 1. The molecule has 0 fully saturated rings. The van der Waals surface area contributed by atoms with Gasteiger partial charge in [-0.3, -0.25) is 5.10 Å². The first-order valence-electron chi connectivity index (χ1n) is 6.80. The van der Waals surface area contributed by atoms with Crippen molar-refractivity contribution in [1.82, 2.24) is 14.5 Å². The van der Waals surface area contributed by atoms with Gasteiger partial charge in [-0.05, 0) is 13.3 Å². The minimum atomic E-state index is -3.93. The van der Waals surface area contributed by atoms with Crippen LogP contribution in [0.2, 0.25) is 0 Å². The Kier molecular flexibility index (Phi) is 6.79. The van der Waals surface area contributed by atoms with Crippen LogP contribution in [-0.2, 0) is 14.8 Å². The normalized spacial score (nSPS) is 11.8. The number of esters is 1. The van der Waals surface area contributed by atoms with E-state index < -0.39 is 16.0 Å². The van der Waals surface area contributed by atoms with Gasteiger partial charge in [-0.1, -0.05) is 13.3 Å². The number of aliphatic hydroxyl groups is 1. The number of hydrogen-bond acceptors (Lipinski definition) is 6. The zero-order valence-electron chi connectivity index (χ0n) is 12.2. The quantitative estimate of drug-likeness (QED) is 0.636. The lowest BCUT2D eigenvalue weighted by Gasteiger charge is -2.20. The molecule has 120 valence electrons. The summed E-state index contributed by atoms with van der Waals surface area (Å²) in [5.74, 6) is -0.746. The number of aliphatic hydroxyl groups excluding tert-OH is 1. The third kappa shape index (κ3) is 4.26. The van der Waals surface area contributed by atoms with E-state index in [4.69, 9.17) is 9.84 Å². The molecule has 1 heterocycles. The van der Waals surface area contributed by atoms with Crippen LogP contribution < -0.4 is 0 Å². The van der Waals surface area contributed by atoms with Gasteiger partial charge in [-0.25, -0.2) is 13.2 Å². The summed E-state index contributed by atoms with van der Waals surface area (Å²) >= 11 is 0. The molecule has 0 unspecified atom stereocenters. The Balaban J connectivity index is 3.10.